The number of hydrogen-bond acceptors (Lipinski definition) is 9. The quantitative estimate of drug-likeness (QED) is 0.155. The molecular weight excluding hydrogens is 600 g/mol. The molecule has 2 aromatic carbocycles. The van der Waals surface area contributed by atoms with E-state index in [1.165, 1.54) is 12.0 Å². The number of ether oxygens (including phenoxy) is 3. The number of fused-ring (bicyclic) bond motifs is 1. The van der Waals surface area contributed by atoms with Crippen molar-refractivity contribution in [1.82, 2.24) is 24.6 Å². The zero-order valence-corrected chi connectivity index (χ0v) is 28.5. The van der Waals surface area contributed by atoms with Crippen molar-refractivity contribution in [3.8, 4) is 28.3 Å². The molecule has 0 aliphatic carbocycles. The fourth-order valence-corrected chi connectivity index (χ4v) is 5.51. The molecule has 1 fully saturated rings. The van der Waals surface area contributed by atoms with E-state index in [2.05, 4.69) is 46.5 Å². The molecule has 4 aromatic rings. The van der Waals surface area contributed by atoms with E-state index in [4.69, 9.17) is 19.2 Å². The third kappa shape index (κ3) is 8.22. The van der Waals surface area contributed by atoms with Crippen LogP contribution in [-0.4, -0.2) is 76.2 Å². The molecule has 11 nitrogen and oxygen atoms in total. The maximum atomic E-state index is 13.0. The lowest BCUT2D eigenvalue weighted by Crippen LogP contribution is -2.44. The van der Waals surface area contributed by atoms with Crippen LogP contribution in [0.15, 0.2) is 55.0 Å². The summed E-state index contributed by atoms with van der Waals surface area (Å²) in [6, 6.07) is 10.8. The van der Waals surface area contributed by atoms with Crippen LogP contribution in [0.2, 0.25) is 19.6 Å². The normalized spacial score (nSPS) is 16.5. The molecule has 240 valence electrons. The van der Waals surface area contributed by atoms with E-state index in [1.54, 1.807) is 37.8 Å². The average Bonchev–Trinajstić information content (AvgIpc) is 3.61. The van der Waals surface area contributed by atoms with Gasteiger partial charge in [0.05, 0.1) is 25.4 Å². The zero-order chi connectivity index (χ0) is 33.2. The van der Waals surface area contributed by atoms with Crippen molar-refractivity contribution >= 4 is 42.7 Å². The Labute approximate surface area is 270 Å². The molecule has 5 rings (SSSR count). The van der Waals surface area contributed by atoms with Gasteiger partial charge in [-0.1, -0.05) is 25.6 Å². The van der Waals surface area contributed by atoms with E-state index in [-0.39, 0.29) is 13.0 Å². The summed E-state index contributed by atoms with van der Waals surface area (Å²) in [6.45, 7) is 12.1. The second kappa shape index (κ2) is 12.8. The number of carbonyl (C=O) groups excluding carboxylic acids is 2. The zero-order valence-electron chi connectivity index (χ0n) is 27.5. The van der Waals surface area contributed by atoms with Crippen LogP contribution in [0, 0.1) is 11.5 Å². The van der Waals surface area contributed by atoms with Crippen molar-refractivity contribution in [2.75, 3.05) is 19.0 Å². The third-order valence-corrected chi connectivity index (χ3v) is 7.90. The minimum absolute atomic E-state index is 0.159. The summed E-state index contributed by atoms with van der Waals surface area (Å²) in [7, 11) is 1.66. The molecule has 0 saturated carbocycles. The predicted octanol–water partition coefficient (Wildman–Crippen LogP) is 5.93. The molecule has 46 heavy (non-hydrogen) atoms. The fraction of sp³-hybridized carbons (Fsp3) is 0.382. The van der Waals surface area contributed by atoms with Crippen molar-refractivity contribution < 1.29 is 23.8 Å². The minimum atomic E-state index is -1.49. The van der Waals surface area contributed by atoms with E-state index < -0.39 is 37.9 Å². The number of nitrogens with one attached hydrogen (secondary N) is 1. The van der Waals surface area contributed by atoms with Crippen molar-refractivity contribution in [1.29, 1.82) is 0 Å². The van der Waals surface area contributed by atoms with Gasteiger partial charge in [0.15, 0.2) is 0 Å². The van der Waals surface area contributed by atoms with Crippen molar-refractivity contribution in [2.24, 2.45) is 7.05 Å². The lowest BCUT2D eigenvalue weighted by atomic mass is 10.1. The van der Waals surface area contributed by atoms with Crippen molar-refractivity contribution in [2.45, 2.75) is 64.6 Å². The third-order valence-electron chi connectivity index (χ3n) is 7.03. The van der Waals surface area contributed by atoms with Gasteiger partial charge in [0, 0.05) is 54.1 Å². The molecule has 0 bridgehead atoms. The van der Waals surface area contributed by atoms with Gasteiger partial charge in [-0.25, -0.2) is 19.6 Å². The molecule has 2 atom stereocenters. The first-order chi connectivity index (χ1) is 21.7. The number of likely N-dealkylation sites (tertiary alicyclic amines) is 1. The lowest BCUT2D eigenvalue weighted by Gasteiger charge is -2.27. The summed E-state index contributed by atoms with van der Waals surface area (Å²) in [5.74, 6) is 3.72. The molecule has 1 saturated heterocycles. The summed E-state index contributed by atoms with van der Waals surface area (Å²) in [5.41, 5.74) is 6.84. The van der Waals surface area contributed by atoms with Crippen LogP contribution >= 0.6 is 0 Å². The number of methoxy groups -OCH3 is 1. The molecule has 1 aliphatic heterocycles. The number of aromatic nitrogens is 4. The van der Waals surface area contributed by atoms with Crippen LogP contribution < -0.4 is 10.1 Å². The molecule has 2 aromatic heterocycles. The van der Waals surface area contributed by atoms with Crippen molar-refractivity contribution in [3.63, 3.8) is 0 Å². The molecule has 0 radical (unpaired) electrons. The monoisotopic (exact) mass is 640 g/mol. The second-order valence-electron chi connectivity index (χ2n) is 13.4. The average molecular weight is 641 g/mol. The molecular formula is C34H40N6O5Si. The van der Waals surface area contributed by atoms with Gasteiger partial charge in [0.25, 0.3) is 0 Å². The van der Waals surface area contributed by atoms with Gasteiger partial charge in [-0.2, -0.15) is 5.10 Å². The van der Waals surface area contributed by atoms with E-state index in [0.717, 1.165) is 27.6 Å². The van der Waals surface area contributed by atoms with Gasteiger partial charge in [0.2, 0.25) is 5.95 Å². The first-order valence-corrected chi connectivity index (χ1v) is 18.6. The topological polar surface area (TPSA) is 121 Å². The Morgan fingerprint density at radius 2 is 1.85 bits per heavy atom. The van der Waals surface area contributed by atoms with E-state index >= 15 is 0 Å². The molecule has 0 spiro atoms. The summed E-state index contributed by atoms with van der Waals surface area (Å²) < 4.78 is 18.7. The largest absolute Gasteiger partial charge is 0.488 e. The molecule has 1 N–H and O–H groups in total. The Morgan fingerprint density at radius 3 is 2.52 bits per heavy atom. The molecule has 1 amide bonds. The molecule has 1 aliphatic rings. The Morgan fingerprint density at radius 1 is 1.07 bits per heavy atom. The van der Waals surface area contributed by atoms with Crippen LogP contribution in [0.3, 0.4) is 0 Å². The van der Waals surface area contributed by atoms with Gasteiger partial charge in [-0.3, -0.25) is 9.58 Å². The first-order valence-electron chi connectivity index (χ1n) is 15.1. The van der Waals surface area contributed by atoms with E-state index in [0.29, 0.717) is 17.4 Å². The summed E-state index contributed by atoms with van der Waals surface area (Å²) >= 11 is 0. The molecule has 3 heterocycles. The highest BCUT2D eigenvalue weighted by Gasteiger charge is 2.43. The first kappa shape index (κ1) is 32.5. The highest BCUT2D eigenvalue weighted by atomic mass is 28.3. The fourth-order valence-electron chi connectivity index (χ4n) is 4.99. The van der Waals surface area contributed by atoms with Crippen molar-refractivity contribution in [3.05, 3.63) is 60.6 Å². The molecule has 0 unspecified atom stereocenters. The maximum Gasteiger partial charge on any atom is 0.411 e. The summed E-state index contributed by atoms with van der Waals surface area (Å²) in [4.78, 5) is 36.2. The van der Waals surface area contributed by atoms with Crippen LogP contribution in [0.1, 0.15) is 32.8 Å². The van der Waals surface area contributed by atoms with E-state index in [1.807, 2.05) is 49.6 Å². The van der Waals surface area contributed by atoms with Gasteiger partial charge in [-0.05, 0) is 56.7 Å². The molecule has 12 heteroatoms. The van der Waals surface area contributed by atoms with Crippen LogP contribution in [0.25, 0.3) is 22.0 Å². The number of rotatable bonds is 6. The van der Waals surface area contributed by atoms with Gasteiger partial charge < -0.3 is 19.5 Å². The number of benzene rings is 2. The highest BCUT2D eigenvalue weighted by Crippen LogP contribution is 2.33. The number of aryl methyl sites for hydroxylation is 1. The Bertz CT molecular complexity index is 1830. The Balaban J connectivity index is 1.41. The minimum Gasteiger partial charge on any atom is -0.488 e. The summed E-state index contributed by atoms with van der Waals surface area (Å²) in [5, 5.41) is 8.53. The smallest absolute Gasteiger partial charge is 0.411 e. The van der Waals surface area contributed by atoms with Gasteiger partial charge in [0.1, 0.15) is 31.6 Å². The number of carbonyl (C=O) groups is 2. The maximum absolute atomic E-state index is 13.0. The van der Waals surface area contributed by atoms with Crippen LogP contribution in [0.4, 0.5) is 16.4 Å². The number of nitrogens with zero attached hydrogens (tertiary/aromatic N) is 5. The van der Waals surface area contributed by atoms with Gasteiger partial charge >= 0.3 is 12.1 Å². The standard InChI is InChI=1S/C34H40N6O5Si/c1-34(2,3)45-33(42)40-21-28(17-30(40)31(41)43-5)44-27-15-23(25-19-36-39(4)20-25)14-26(16-27)37-32-35-18-24-13-22(9-10-29(24)38-32)11-12-46(6,7)8/h9-10,13-16,18-20,28,30H,17,21H2,1-8H3,(H,35,37,38)/t28-,30-/m0/s1. The van der Waals surface area contributed by atoms with Crippen LogP contribution in [0.5, 0.6) is 5.75 Å². The number of esters is 1. The highest BCUT2D eigenvalue weighted by molar-refractivity contribution is 6.83. The van der Waals surface area contributed by atoms with Crippen LogP contribution in [-0.2, 0) is 21.3 Å². The lowest BCUT2D eigenvalue weighted by molar-refractivity contribution is -0.145. The SMILES string of the molecule is COC(=O)[C@@H]1C[C@H](Oc2cc(Nc3ncc4cc(C#C[Si](C)(C)C)ccc4n3)cc(-c3cnn(C)c3)c2)CN1C(=O)OC(C)(C)C. The number of hydrogen-bond donors (Lipinski definition) is 1. The van der Waals surface area contributed by atoms with Gasteiger partial charge in [-0.15, -0.1) is 5.54 Å². The second-order valence-corrected chi connectivity index (χ2v) is 18.1. The number of anilines is 2. The Kier molecular flexibility index (Phi) is 9.07. The Hall–Kier alpha value is -4.89. The number of amides is 1. The van der Waals surface area contributed by atoms with E-state index in [9.17, 15) is 9.59 Å². The summed E-state index contributed by atoms with van der Waals surface area (Å²) in [6.07, 6.45) is 4.64. The predicted molar refractivity (Wildman–Crippen MR) is 179 cm³/mol.